The molecule has 0 bridgehead atoms. The molecule has 7 heteroatoms. The van der Waals surface area contributed by atoms with E-state index in [1.165, 1.54) is 0 Å². The molecule has 0 fully saturated rings. The van der Waals surface area contributed by atoms with Crippen molar-refractivity contribution in [1.82, 2.24) is 5.32 Å². The first-order valence-electron chi connectivity index (χ1n) is 10.7. The summed E-state index contributed by atoms with van der Waals surface area (Å²) in [5.41, 5.74) is 3.05. The highest BCUT2D eigenvalue weighted by Crippen LogP contribution is 2.32. The number of anilines is 1. The summed E-state index contributed by atoms with van der Waals surface area (Å²) in [4.78, 5) is 25.3. The maximum Gasteiger partial charge on any atom is 0.258 e. The van der Waals surface area contributed by atoms with Crippen molar-refractivity contribution < 1.29 is 23.1 Å². The first kappa shape index (κ1) is 23.2. The molecule has 34 heavy (non-hydrogen) atoms. The fourth-order valence-electron chi connectivity index (χ4n) is 3.96. The molecule has 5 nitrogen and oxygen atoms in total. The Morgan fingerprint density at radius 3 is 2.44 bits per heavy atom. The normalized spacial score (nSPS) is 15.3. The summed E-state index contributed by atoms with van der Waals surface area (Å²) in [6.07, 6.45) is 2.36. The van der Waals surface area contributed by atoms with Crippen molar-refractivity contribution in [1.29, 1.82) is 0 Å². The first-order valence-corrected chi connectivity index (χ1v) is 10.7. The average molecular weight is 462 g/mol. The van der Waals surface area contributed by atoms with Crippen molar-refractivity contribution in [2.24, 2.45) is 0 Å². The molecule has 1 heterocycles. The topological polar surface area (TPSA) is 67.4 Å². The highest BCUT2D eigenvalue weighted by molar-refractivity contribution is 6.09. The number of methoxy groups -OCH3 is 1. The fourth-order valence-corrected chi connectivity index (χ4v) is 3.96. The van der Waals surface area contributed by atoms with Gasteiger partial charge in [0.1, 0.15) is 17.4 Å². The summed E-state index contributed by atoms with van der Waals surface area (Å²) in [5.74, 6) is -1.93. The number of ketones is 1. The quantitative estimate of drug-likeness (QED) is 0.395. The van der Waals surface area contributed by atoms with Crippen LogP contribution in [0.5, 0.6) is 5.75 Å². The van der Waals surface area contributed by atoms with E-state index >= 15 is 0 Å². The minimum atomic E-state index is -0.948. The molecule has 3 aromatic rings. The summed E-state index contributed by atoms with van der Waals surface area (Å²) in [5, 5.41) is 5.98. The Morgan fingerprint density at radius 2 is 1.76 bits per heavy atom. The fraction of sp³-hybridized carbons (Fsp3) is 0.185. The molecule has 0 saturated heterocycles. The molecule has 0 radical (unpaired) electrons. The maximum atomic E-state index is 13.8. The van der Waals surface area contributed by atoms with Gasteiger partial charge >= 0.3 is 0 Å². The van der Waals surface area contributed by atoms with Crippen molar-refractivity contribution in [3.63, 3.8) is 0 Å². The van der Waals surface area contributed by atoms with E-state index in [2.05, 4.69) is 24.5 Å². The number of fused-ring (bicyclic) bond motifs is 1. The number of ether oxygens (including phenoxy) is 1. The number of nitrogens with one attached hydrogen (secondary N) is 2. The van der Waals surface area contributed by atoms with Gasteiger partial charge < -0.3 is 15.4 Å². The number of amides is 1. The molecule has 0 unspecified atom stereocenters. The van der Waals surface area contributed by atoms with E-state index in [0.29, 0.717) is 28.8 Å². The van der Waals surface area contributed by atoms with Crippen LogP contribution in [0.4, 0.5) is 14.5 Å². The third kappa shape index (κ3) is 4.98. The van der Waals surface area contributed by atoms with Crippen LogP contribution in [0.3, 0.4) is 0 Å². The lowest BCUT2D eigenvalue weighted by Gasteiger charge is -2.35. The Labute approximate surface area is 196 Å². The Hall–Kier alpha value is -4.00. The molecule has 1 aliphatic heterocycles. The lowest BCUT2D eigenvalue weighted by molar-refractivity contribution is 0.102. The van der Waals surface area contributed by atoms with E-state index in [9.17, 15) is 18.4 Å². The van der Waals surface area contributed by atoms with Crippen molar-refractivity contribution in [2.75, 3.05) is 12.4 Å². The number of benzene rings is 3. The molecule has 0 saturated carbocycles. The van der Waals surface area contributed by atoms with Crippen molar-refractivity contribution >= 4 is 23.1 Å². The van der Waals surface area contributed by atoms with Crippen LogP contribution in [0.2, 0.25) is 0 Å². The lowest BCUT2D eigenvalue weighted by Crippen LogP contribution is -2.43. The van der Waals surface area contributed by atoms with Crippen molar-refractivity contribution in [2.45, 2.75) is 25.8 Å². The average Bonchev–Trinajstić information content (AvgIpc) is 2.78. The van der Waals surface area contributed by atoms with Crippen LogP contribution in [0.1, 0.15) is 45.7 Å². The van der Waals surface area contributed by atoms with E-state index in [1.807, 2.05) is 18.2 Å². The van der Waals surface area contributed by atoms with E-state index in [4.69, 9.17) is 4.74 Å². The molecule has 174 valence electrons. The zero-order valence-corrected chi connectivity index (χ0v) is 19.0. The van der Waals surface area contributed by atoms with Crippen LogP contribution in [0, 0.1) is 11.6 Å². The number of carbonyl (C=O) groups is 2. The van der Waals surface area contributed by atoms with Gasteiger partial charge in [0, 0.05) is 40.2 Å². The summed E-state index contributed by atoms with van der Waals surface area (Å²) in [7, 11) is 1.60. The molecule has 0 aromatic heterocycles. The number of halogens is 2. The van der Waals surface area contributed by atoms with Crippen LogP contribution in [-0.2, 0) is 6.42 Å². The Morgan fingerprint density at radius 1 is 1.03 bits per heavy atom. The Balaban J connectivity index is 1.54. The second-order valence-electron chi connectivity index (χ2n) is 8.79. The van der Waals surface area contributed by atoms with Crippen molar-refractivity contribution in [3.8, 4) is 5.75 Å². The molecule has 3 aromatic carbocycles. The number of hydrogen-bond donors (Lipinski definition) is 2. The van der Waals surface area contributed by atoms with Crippen LogP contribution in [0.15, 0.2) is 66.7 Å². The highest BCUT2D eigenvalue weighted by Gasteiger charge is 2.28. The van der Waals surface area contributed by atoms with Crippen LogP contribution in [-0.4, -0.2) is 24.3 Å². The number of allylic oxidation sites excluding steroid dienone is 1. The smallest absolute Gasteiger partial charge is 0.258 e. The van der Waals surface area contributed by atoms with Gasteiger partial charge in [0.2, 0.25) is 0 Å². The number of rotatable bonds is 5. The van der Waals surface area contributed by atoms with Crippen LogP contribution >= 0.6 is 0 Å². The highest BCUT2D eigenvalue weighted by atomic mass is 19.1. The number of carbonyl (C=O) groups excluding carboxylic acids is 2. The number of hydrogen-bond acceptors (Lipinski definition) is 4. The zero-order valence-electron chi connectivity index (χ0n) is 19.0. The predicted molar refractivity (Wildman–Crippen MR) is 127 cm³/mol. The maximum absolute atomic E-state index is 13.8. The van der Waals surface area contributed by atoms with Gasteiger partial charge in [0.15, 0.2) is 5.78 Å². The molecule has 0 aliphatic carbocycles. The Kier molecular flexibility index (Phi) is 6.20. The summed E-state index contributed by atoms with van der Waals surface area (Å²) < 4.78 is 32.3. The summed E-state index contributed by atoms with van der Waals surface area (Å²) in [6, 6.07) is 14.8. The molecule has 4 rings (SSSR count). The zero-order chi connectivity index (χ0) is 24.5. The van der Waals surface area contributed by atoms with Gasteiger partial charge in [-0.1, -0.05) is 6.07 Å². The molecule has 0 atom stereocenters. The first-order chi connectivity index (χ1) is 16.1. The van der Waals surface area contributed by atoms with Gasteiger partial charge in [-0.3, -0.25) is 9.59 Å². The van der Waals surface area contributed by atoms with E-state index < -0.39 is 17.5 Å². The van der Waals surface area contributed by atoms with Crippen LogP contribution < -0.4 is 15.4 Å². The van der Waals surface area contributed by atoms with Crippen LogP contribution in [0.25, 0.3) is 5.70 Å². The van der Waals surface area contributed by atoms with Gasteiger partial charge in [-0.05, 0) is 74.4 Å². The van der Waals surface area contributed by atoms with Gasteiger partial charge in [0.05, 0.1) is 12.7 Å². The lowest BCUT2D eigenvalue weighted by atomic mass is 9.85. The Bertz CT molecular complexity index is 1300. The third-order valence-electron chi connectivity index (χ3n) is 5.59. The van der Waals surface area contributed by atoms with E-state index in [0.717, 1.165) is 29.7 Å². The van der Waals surface area contributed by atoms with Gasteiger partial charge in [-0.2, -0.15) is 0 Å². The van der Waals surface area contributed by atoms with Crippen molar-refractivity contribution in [3.05, 3.63) is 101 Å². The standard InChI is InChI=1S/C27H24F2N2O3/c1-27(2)15-17-6-10-20(34-3)13-22(17)24(31-27)14-25(32)16-4-8-19(9-5-16)30-26(33)21-11-7-18(28)12-23(21)29/h4-14,31H,15H2,1-3H3,(H,30,33)/b24-14-. The second kappa shape index (κ2) is 9.09. The largest absolute Gasteiger partial charge is 0.497 e. The predicted octanol–water partition coefficient (Wildman–Crippen LogP) is 5.37. The summed E-state index contributed by atoms with van der Waals surface area (Å²) >= 11 is 0. The minimum absolute atomic E-state index is 0.212. The molecule has 1 aliphatic rings. The molecule has 1 amide bonds. The molecule has 0 spiro atoms. The van der Waals surface area contributed by atoms with Gasteiger partial charge in [-0.15, -0.1) is 0 Å². The molecular formula is C27H24F2N2O3. The minimum Gasteiger partial charge on any atom is -0.497 e. The van der Waals surface area contributed by atoms with Gasteiger partial charge in [0.25, 0.3) is 5.91 Å². The molecular weight excluding hydrogens is 438 g/mol. The second-order valence-corrected chi connectivity index (χ2v) is 8.79. The monoisotopic (exact) mass is 462 g/mol. The molecule has 2 N–H and O–H groups in total. The van der Waals surface area contributed by atoms with E-state index in [-0.39, 0.29) is 16.9 Å². The SMILES string of the molecule is COc1ccc2c(c1)/C(=C/C(=O)c1ccc(NC(=O)c3ccc(F)cc3F)cc1)NC(C)(C)C2. The van der Waals surface area contributed by atoms with Gasteiger partial charge in [-0.25, -0.2) is 8.78 Å². The summed E-state index contributed by atoms with van der Waals surface area (Å²) in [6.45, 7) is 4.14. The third-order valence-corrected chi connectivity index (χ3v) is 5.59. The van der Waals surface area contributed by atoms with E-state index in [1.54, 1.807) is 37.5 Å².